The molecule has 3 aromatic heterocycles. The van der Waals surface area contributed by atoms with Gasteiger partial charge in [0.15, 0.2) is 5.13 Å². The number of rotatable bonds is 3. The maximum Gasteiger partial charge on any atom is 0.267 e. The number of fused-ring (bicyclic) bond motifs is 1. The zero-order chi connectivity index (χ0) is 17.4. The molecule has 1 saturated heterocycles. The van der Waals surface area contributed by atoms with Crippen molar-refractivity contribution in [1.29, 1.82) is 0 Å². The minimum atomic E-state index is -0.0916. The molecule has 0 unspecified atom stereocenters. The van der Waals surface area contributed by atoms with E-state index >= 15 is 0 Å². The molecule has 0 radical (unpaired) electrons. The fraction of sp³-hybridized carbons (Fsp3) is 0.389. The molecule has 0 bridgehead atoms. The number of hydrogen-bond acceptors (Lipinski definition) is 6. The topological polar surface area (TPSA) is 66.9 Å². The standard InChI is InChI=1S/C18H20N4OS2/c1-10-3-8-20-17-14(10)11(2)15(25-17)16(23)22-18-21-9-13(24-18)12-4-6-19-7-5-12/h3,8-9,12,19H,4-7H2,1-2H3,(H,21,22,23). The first-order chi connectivity index (χ1) is 12.1. The van der Waals surface area contributed by atoms with Crippen LogP contribution >= 0.6 is 22.7 Å². The molecule has 1 amide bonds. The lowest BCUT2D eigenvalue weighted by molar-refractivity contribution is 0.103. The van der Waals surface area contributed by atoms with Gasteiger partial charge in [0.25, 0.3) is 5.91 Å². The van der Waals surface area contributed by atoms with Gasteiger partial charge >= 0.3 is 0 Å². The normalized spacial score (nSPS) is 15.6. The number of piperidine rings is 1. The number of amides is 1. The Kier molecular flexibility index (Phi) is 4.54. The van der Waals surface area contributed by atoms with Crippen LogP contribution < -0.4 is 10.6 Å². The second kappa shape index (κ2) is 6.82. The van der Waals surface area contributed by atoms with E-state index < -0.39 is 0 Å². The van der Waals surface area contributed by atoms with Gasteiger partial charge in [-0.05, 0) is 62.9 Å². The summed E-state index contributed by atoms with van der Waals surface area (Å²) in [6.07, 6.45) is 5.98. The van der Waals surface area contributed by atoms with Crippen molar-refractivity contribution in [3.8, 4) is 0 Å². The highest BCUT2D eigenvalue weighted by Gasteiger charge is 2.21. The van der Waals surface area contributed by atoms with Crippen molar-refractivity contribution in [2.24, 2.45) is 0 Å². The second-order valence-corrected chi connectivity index (χ2v) is 8.47. The molecular weight excluding hydrogens is 352 g/mol. The summed E-state index contributed by atoms with van der Waals surface area (Å²) in [4.78, 5) is 24.4. The lowest BCUT2D eigenvalue weighted by Crippen LogP contribution is -2.26. The number of aryl methyl sites for hydroxylation is 2. The molecule has 1 aliphatic heterocycles. The molecule has 130 valence electrons. The summed E-state index contributed by atoms with van der Waals surface area (Å²) in [5, 5.41) is 8.12. The molecule has 4 rings (SSSR count). The van der Waals surface area contributed by atoms with Crippen LogP contribution in [0.3, 0.4) is 0 Å². The largest absolute Gasteiger partial charge is 0.317 e. The van der Waals surface area contributed by atoms with Crippen molar-refractivity contribution in [2.75, 3.05) is 18.4 Å². The summed E-state index contributed by atoms with van der Waals surface area (Å²) >= 11 is 3.04. The number of carbonyl (C=O) groups is 1. The third-order valence-corrected chi connectivity index (χ3v) is 7.00. The Bertz CT molecular complexity index is 924. The number of nitrogens with zero attached hydrogens (tertiary/aromatic N) is 2. The van der Waals surface area contributed by atoms with Crippen LogP contribution in [0.15, 0.2) is 18.5 Å². The molecule has 1 aliphatic rings. The molecule has 0 spiro atoms. The fourth-order valence-electron chi connectivity index (χ4n) is 3.36. The van der Waals surface area contributed by atoms with Crippen molar-refractivity contribution >= 4 is 43.9 Å². The number of anilines is 1. The van der Waals surface area contributed by atoms with Gasteiger partial charge in [-0.1, -0.05) is 0 Å². The van der Waals surface area contributed by atoms with E-state index in [0.29, 0.717) is 11.0 Å². The van der Waals surface area contributed by atoms with E-state index in [1.807, 2.05) is 19.2 Å². The first kappa shape index (κ1) is 16.6. The Morgan fingerprint density at radius 3 is 2.80 bits per heavy atom. The van der Waals surface area contributed by atoms with Gasteiger partial charge in [-0.3, -0.25) is 10.1 Å². The van der Waals surface area contributed by atoms with Gasteiger partial charge in [0, 0.05) is 22.7 Å². The summed E-state index contributed by atoms with van der Waals surface area (Å²) in [7, 11) is 0. The first-order valence-corrected chi connectivity index (χ1v) is 10.1. The minimum Gasteiger partial charge on any atom is -0.317 e. The number of pyridine rings is 1. The SMILES string of the molecule is Cc1ccnc2sc(C(=O)Nc3ncc(C4CCNCC4)s3)c(C)c12. The van der Waals surface area contributed by atoms with Crippen molar-refractivity contribution in [2.45, 2.75) is 32.6 Å². The molecule has 3 aromatic rings. The molecule has 1 fully saturated rings. The number of aromatic nitrogens is 2. The molecule has 5 nitrogen and oxygen atoms in total. The Morgan fingerprint density at radius 1 is 1.24 bits per heavy atom. The van der Waals surface area contributed by atoms with Gasteiger partial charge in [0.05, 0.1) is 4.88 Å². The summed E-state index contributed by atoms with van der Waals surface area (Å²) < 4.78 is 0. The molecule has 4 heterocycles. The highest BCUT2D eigenvalue weighted by Crippen LogP contribution is 2.34. The van der Waals surface area contributed by atoms with Crippen LogP contribution in [0.25, 0.3) is 10.2 Å². The van der Waals surface area contributed by atoms with Crippen LogP contribution in [0.4, 0.5) is 5.13 Å². The molecule has 7 heteroatoms. The predicted molar refractivity (Wildman–Crippen MR) is 104 cm³/mol. The highest BCUT2D eigenvalue weighted by atomic mass is 32.1. The van der Waals surface area contributed by atoms with Gasteiger partial charge < -0.3 is 5.32 Å². The van der Waals surface area contributed by atoms with Crippen molar-refractivity contribution in [3.63, 3.8) is 0 Å². The van der Waals surface area contributed by atoms with Crippen LogP contribution in [-0.2, 0) is 0 Å². The predicted octanol–water partition coefficient (Wildman–Crippen LogP) is 4.09. The fourth-order valence-corrected chi connectivity index (χ4v) is 5.47. The van der Waals surface area contributed by atoms with E-state index in [0.717, 1.165) is 52.2 Å². The van der Waals surface area contributed by atoms with E-state index in [4.69, 9.17) is 0 Å². The van der Waals surface area contributed by atoms with Crippen LogP contribution in [0.1, 0.15) is 44.4 Å². The van der Waals surface area contributed by atoms with E-state index in [-0.39, 0.29) is 5.91 Å². The molecule has 2 N–H and O–H groups in total. The first-order valence-electron chi connectivity index (χ1n) is 8.46. The smallest absolute Gasteiger partial charge is 0.267 e. The Balaban J connectivity index is 1.55. The highest BCUT2D eigenvalue weighted by molar-refractivity contribution is 7.21. The average molecular weight is 373 g/mol. The zero-order valence-electron chi connectivity index (χ0n) is 14.3. The Hall–Kier alpha value is -1.83. The average Bonchev–Trinajstić information content (AvgIpc) is 3.21. The summed E-state index contributed by atoms with van der Waals surface area (Å²) in [6, 6.07) is 1.98. The van der Waals surface area contributed by atoms with Crippen LogP contribution in [-0.4, -0.2) is 29.0 Å². The molecule has 0 aromatic carbocycles. The van der Waals surface area contributed by atoms with E-state index in [1.54, 1.807) is 17.5 Å². The second-order valence-electron chi connectivity index (χ2n) is 6.41. The van der Waals surface area contributed by atoms with Crippen LogP contribution in [0.2, 0.25) is 0 Å². The van der Waals surface area contributed by atoms with Crippen molar-refractivity contribution in [1.82, 2.24) is 15.3 Å². The van der Waals surface area contributed by atoms with Gasteiger partial charge in [-0.2, -0.15) is 0 Å². The maximum absolute atomic E-state index is 12.7. The van der Waals surface area contributed by atoms with Crippen LogP contribution in [0.5, 0.6) is 0 Å². The maximum atomic E-state index is 12.7. The molecular formula is C18H20N4OS2. The lowest BCUT2D eigenvalue weighted by Gasteiger charge is -2.20. The Labute approximate surface area is 154 Å². The lowest BCUT2D eigenvalue weighted by atomic mass is 9.97. The number of thiophene rings is 1. The van der Waals surface area contributed by atoms with Crippen LogP contribution in [0, 0.1) is 13.8 Å². The minimum absolute atomic E-state index is 0.0916. The Morgan fingerprint density at radius 2 is 2.04 bits per heavy atom. The van der Waals surface area contributed by atoms with E-state index in [1.165, 1.54) is 16.2 Å². The number of thiazole rings is 1. The van der Waals surface area contributed by atoms with E-state index in [9.17, 15) is 4.79 Å². The monoisotopic (exact) mass is 372 g/mol. The quantitative estimate of drug-likeness (QED) is 0.727. The third-order valence-electron chi connectivity index (χ3n) is 4.73. The van der Waals surface area contributed by atoms with E-state index in [2.05, 4.69) is 27.5 Å². The third kappa shape index (κ3) is 3.19. The summed E-state index contributed by atoms with van der Waals surface area (Å²) in [6.45, 7) is 6.15. The van der Waals surface area contributed by atoms with Gasteiger partial charge in [-0.25, -0.2) is 9.97 Å². The van der Waals surface area contributed by atoms with Crippen molar-refractivity contribution in [3.05, 3.63) is 39.3 Å². The number of nitrogens with one attached hydrogen (secondary N) is 2. The molecule has 25 heavy (non-hydrogen) atoms. The zero-order valence-corrected chi connectivity index (χ0v) is 15.9. The molecule has 0 aliphatic carbocycles. The molecule has 0 saturated carbocycles. The van der Waals surface area contributed by atoms with Crippen molar-refractivity contribution < 1.29 is 4.79 Å². The van der Waals surface area contributed by atoms with Gasteiger partial charge in [-0.15, -0.1) is 22.7 Å². The van der Waals surface area contributed by atoms with Gasteiger partial charge in [0.1, 0.15) is 4.83 Å². The molecule has 0 atom stereocenters. The summed E-state index contributed by atoms with van der Waals surface area (Å²) in [5.41, 5.74) is 2.15. The van der Waals surface area contributed by atoms with Gasteiger partial charge in [0.2, 0.25) is 0 Å². The summed E-state index contributed by atoms with van der Waals surface area (Å²) in [5.74, 6) is 0.466. The number of carbonyl (C=O) groups excluding carboxylic acids is 1. The number of hydrogen-bond donors (Lipinski definition) is 2.